The number of hydrogen-bond acceptors (Lipinski definition) is 2. The minimum Gasteiger partial charge on any atom is -0.380 e. The Hall–Kier alpha value is -3.50. The van der Waals surface area contributed by atoms with Gasteiger partial charge in [-0.25, -0.2) is 0 Å². The molecule has 0 saturated carbocycles. The summed E-state index contributed by atoms with van der Waals surface area (Å²) in [6, 6.07) is 36.7. The average molecular weight is 557 g/mol. The standard InChI is InChI=1S/C38H40O2Si/c1-27-23-31-11-7-9-13-35(31)37(27,33-19-15-29(16-20-33)25-39-3)41(5,6)38(34-21-17-30(18-22-34)26-40-4)28(2)24-32-12-8-10-14-36(32)38/h7-24H,25-26H2,1-6H3. The first-order valence-corrected chi connectivity index (χ1v) is 17.6. The van der Waals surface area contributed by atoms with Gasteiger partial charge in [0.2, 0.25) is 0 Å². The summed E-state index contributed by atoms with van der Waals surface area (Å²) >= 11 is 0. The highest BCUT2D eigenvalue weighted by Crippen LogP contribution is 2.63. The summed E-state index contributed by atoms with van der Waals surface area (Å²) in [5, 5.41) is -0.486. The zero-order valence-electron chi connectivity index (χ0n) is 25.1. The Bertz CT molecular complexity index is 1520. The van der Waals surface area contributed by atoms with Crippen molar-refractivity contribution in [1.82, 2.24) is 0 Å². The van der Waals surface area contributed by atoms with Crippen molar-refractivity contribution in [3.05, 3.63) is 153 Å². The lowest BCUT2D eigenvalue weighted by molar-refractivity contribution is 0.185. The van der Waals surface area contributed by atoms with Crippen LogP contribution in [0.1, 0.15) is 58.4 Å². The van der Waals surface area contributed by atoms with Crippen molar-refractivity contribution >= 4 is 20.2 Å². The molecule has 0 radical (unpaired) electrons. The molecular formula is C38H40O2Si. The van der Waals surface area contributed by atoms with Gasteiger partial charge < -0.3 is 9.47 Å². The van der Waals surface area contributed by atoms with Crippen molar-refractivity contribution in [2.24, 2.45) is 0 Å². The maximum atomic E-state index is 5.48. The molecule has 2 nitrogen and oxygen atoms in total. The van der Waals surface area contributed by atoms with E-state index < -0.39 is 8.07 Å². The maximum Gasteiger partial charge on any atom is 0.0908 e. The minimum atomic E-state index is -2.52. The summed E-state index contributed by atoms with van der Waals surface area (Å²) in [5.74, 6) is 0. The number of hydrogen-bond donors (Lipinski definition) is 0. The molecule has 4 aromatic rings. The van der Waals surface area contributed by atoms with Crippen LogP contribution < -0.4 is 0 Å². The van der Waals surface area contributed by atoms with Crippen LogP contribution in [0, 0.1) is 0 Å². The van der Waals surface area contributed by atoms with Crippen molar-refractivity contribution in [3.63, 3.8) is 0 Å². The molecule has 0 aromatic heterocycles. The van der Waals surface area contributed by atoms with Gasteiger partial charge in [-0.15, -0.1) is 0 Å². The van der Waals surface area contributed by atoms with Crippen LogP contribution in [0.2, 0.25) is 13.1 Å². The highest BCUT2D eigenvalue weighted by atomic mass is 28.3. The Kier molecular flexibility index (Phi) is 7.02. The Morgan fingerprint density at radius 3 is 1.27 bits per heavy atom. The van der Waals surface area contributed by atoms with Crippen molar-refractivity contribution in [1.29, 1.82) is 0 Å². The molecule has 0 saturated heterocycles. The first kappa shape index (κ1) is 27.7. The zero-order valence-corrected chi connectivity index (χ0v) is 26.1. The summed E-state index contributed by atoms with van der Waals surface area (Å²) < 4.78 is 11.0. The molecule has 2 unspecified atom stereocenters. The van der Waals surface area contributed by atoms with Gasteiger partial charge in [-0.3, -0.25) is 0 Å². The number of fused-ring (bicyclic) bond motifs is 2. The van der Waals surface area contributed by atoms with Crippen LogP contribution in [0.25, 0.3) is 12.2 Å². The second kappa shape index (κ2) is 10.4. The molecule has 0 N–H and O–H groups in total. The van der Waals surface area contributed by atoms with E-state index in [9.17, 15) is 0 Å². The number of ether oxygens (including phenoxy) is 2. The van der Waals surface area contributed by atoms with E-state index in [4.69, 9.17) is 9.47 Å². The quantitative estimate of drug-likeness (QED) is 0.202. The molecule has 41 heavy (non-hydrogen) atoms. The monoisotopic (exact) mass is 556 g/mol. The van der Waals surface area contributed by atoms with E-state index >= 15 is 0 Å². The van der Waals surface area contributed by atoms with Gasteiger partial charge in [-0.05, 0) is 58.4 Å². The molecule has 0 amide bonds. The summed E-state index contributed by atoms with van der Waals surface area (Å²) in [4.78, 5) is 0. The SMILES string of the molecule is COCc1ccc(C2([Si](C)(C)C3(c4ccc(COC)cc4)C(C)=Cc4ccccc43)C(C)=Cc3ccccc32)cc1. The van der Waals surface area contributed by atoms with Crippen molar-refractivity contribution in [3.8, 4) is 0 Å². The van der Waals surface area contributed by atoms with Crippen LogP contribution in [0.3, 0.4) is 0 Å². The molecule has 2 aliphatic rings. The highest BCUT2D eigenvalue weighted by molar-refractivity contribution is 6.86. The van der Waals surface area contributed by atoms with Crippen molar-refractivity contribution in [2.75, 3.05) is 14.2 Å². The van der Waals surface area contributed by atoms with Gasteiger partial charge in [-0.1, -0.05) is 133 Å². The molecule has 0 aliphatic heterocycles. The highest BCUT2D eigenvalue weighted by Gasteiger charge is 2.65. The lowest BCUT2D eigenvalue weighted by Gasteiger charge is -2.57. The second-order valence-corrected chi connectivity index (χ2v) is 17.0. The van der Waals surface area contributed by atoms with Gasteiger partial charge in [-0.2, -0.15) is 0 Å². The van der Waals surface area contributed by atoms with Crippen LogP contribution in [0.4, 0.5) is 0 Å². The third-order valence-electron chi connectivity index (χ3n) is 9.93. The first-order chi connectivity index (χ1) is 19.8. The molecular weight excluding hydrogens is 517 g/mol. The fourth-order valence-corrected chi connectivity index (χ4v) is 14.8. The van der Waals surface area contributed by atoms with Gasteiger partial charge in [0.1, 0.15) is 0 Å². The Balaban J connectivity index is 1.70. The minimum absolute atomic E-state index is 0.243. The summed E-state index contributed by atoms with van der Waals surface area (Å²) in [5.41, 5.74) is 13.6. The van der Waals surface area contributed by atoms with E-state index in [1.807, 2.05) is 0 Å². The largest absolute Gasteiger partial charge is 0.380 e. The molecule has 208 valence electrons. The Labute approximate surface area is 246 Å². The van der Waals surface area contributed by atoms with Gasteiger partial charge >= 0.3 is 0 Å². The topological polar surface area (TPSA) is 18.5 Å². The molecule has 0 heterocycles. The molecule has 3 heteroatoms. The lowest BCUT2D eigenvalue weighted by Crippen LogP contribution is -2.66. The molecule has 2 atom stereocenters. The maximum absolute atomic E-state index is 5.48. The summed E-state index contributed by atoms with van der Waals surface area (Å²) in [6.07, 6.45) is 4.89. The van der Waals surface area contributed by atoms with E-state index in [2.05, 4.69) is 136 Å². The number of allylic oxidation sites excluding steroid dienone is 2. The Morgan fingerprint density at radius 2 is 0.902 bits per heavy atom. The summed E-state index contributed by atoms with van der Waals surface area (Å²) in [7, 11) is 1.01. The smallest absolute Gasteiger partial charge is 0.0908 e. The van der Waals surface area contributed by atoms with Crippen LogP contribution in [-0.2, 0) is 32.8 Å². The predicted octanol–water partition coefficient (Wildman–Crippen LogP) is 8.87. The predicted molar refractivity (Wildman–Crippen MR) is 174 cm³/mol. The van der Waals surface area contributed by atoms with E-state index in [1.165, 1.54) is 55.7 Å². The number of benzene rings is 4. The average Bonchev–Trinajstić information content (AvgIpc) is 3.46. The molecule has 0 bridgehead atoms. The van der Waals surface area contributed by atoms with Gasteiger partial charge in [0.05, 0.1) is 21.3 Å². The molecule has 2 aliphatic carbocycles. The summed E-state index contributed by atoms with van der Waals surface area (Å²) in [6.45, 7) is 11.2. The fourth-order valence-electron chi connectivity index (χ4n) is 8.50. The van der Waals surface area contributed by atoms with Crippen LogP contribution in [0.5, 0.6) is 0 Å². The third kappa shape index (κ3) is 3.83. The molecule has 0 spiro atoms. The van der Waals surface area contributed by atoms with Crippen LogP contribution >= 0.6 is 0 Å². The fraction of sp³-hybridized carbons (Fsp3) is 0.263. The number of rotatable bonds is 8. The van der Waals surface area contributed by atoms with E-state index in [0.717, 1.165) is 0 Å². The molecule has 0 fully saturated rings. The molecule has 4 aromatic carbocycles. The van der Waals surface area contributed by atoms with Crippen LogP contribution in [0.15, 0.2) is 108 Å². The van der Waals surface area contributed by atoms with Gasteiger partial charge in [0, 0.05) is 24.3 Å². The molecule has 6 rings (SSSR count). The second-order valence-electron chi connectivity index (χ2n) is 12.2. The first-order valence-electron chi connectivity index (χ1n) is 14.6. The van der Waals surface area contributed by atoms with Gasteiger partial charge in [0.25, 0.3) is 0 Å². The number of methoxy groups -OCH3 is 2. The zero-order chi connectivity index (χ0) is 28.8. The normalized spacial score (nSPS) is 21.3. The van der Waals surface area contributed by atoms with Gasteiger partial charge in [0.15, 0.2) is 0 Å². The third-order valence-corrected chi connectivity index (χ3v) is 15.6. The van der Waals surface area contributed by atoms with E-state index in [-0.39, 0.29) is 10.1 Å². The van der Waals surface area contributed by atoms with E-state index in [0.29, 0.717) is 13.2 Å². The lowest BCUT2D eigenvalue weighted by atomic mass is 9.85. The Morgan fingerprint density at radius 1 is 0.537 bits per heavy atom. The van der Waals surface area contributed by atoms with Crippen LogP contribution in [-0.4, -0.2) is 22.3 Å². The van der Waals surface area contributed by atoms with Crippen molar-refractivity contribution in [2.45, 2.75) is 50.2 Å². The van der Waals surface area contributed by atoms with Crippen molar-refractivity contribution < 1.29 is 9.47 Å². The van der Waals surface area contributed by atoms with E-state index in [1.54, 1.807) is 14.2 Å².